The number of nitrogens with one attached hydrogen (secondary N) is 1. The molecule has 0 saturated carbocycles. The van der Waals surface area contributed by atoms with Crippen molar-refractivity contribution in [3.8, 4) is 0 Å². The number of hydrogen-bond acceptors (Lipinski definition) is 5. The number of aromatic nitrogens is 2. The van der Waals surface area contributed by atoms with Gasteiger partial charge in [-0.05, 0) is 39.4 Å². The molecule has 0 bridgehead atoms. The Labute approximate surface area is 123 Å². The third-order valence-electron chi connectivity index (χ3n) is 3.50. The lowest BCUT2D eigenvalue weighted by molar-refractivity contribution is -0.384. The molecule has 112 valence electrons. The first-order valence-corrected chi connectivity index (χ1v) is 8.14. The molecule has 0 aliphatic carbocycles. The maximum absolute atomic E-state index is 11.2. The van der Waals surface area contributed by atoms with Gasteiger partial charge in [-0.15, -0.1) is 0 Å². The highest BCUT2D eigenvalue weighted by atomic mass is 32.2. The number of nitrogens with zero attached hydrogens (tertiary/aromatic N) is 3. The summed E-state index contributed by atoms with van der Waals surface area (Å²) < 4.78 is 1.72. The number of rotatable bonds is 5. The summed E-state index contributed by atoms with van der Waals surface area (Å²) in [7, 11) is 0. The van der Waals surface area contributed by atoms with Crippen molar-refractivity contribution in [1.29, 1.82) is 0 Å². The van der Waals surface area contributed by atoms with E-state index in [0.29, 0.717) is 16.8 Å². The standard InChI is InChI=1S/C13H22N4O2S/c1-9(2)16-13(12(17(18)19)10(3)15-16)14-8-11-6-4-5-7-20-11/h9,11,14H,4-8H2,1-3H3. The van der Waals surface area contributed by atoms with Gasteiger partial charge in [0, 0.05) is 17.8 Å². The third kappa shape index (κ3) is 3.26. The second-order valence-corrected chi connectivity index (χ2v) is 6.86. The summed E-state index contributed by atoms with van der Waals surface area (Å²) in [4.78, 5) is 10.9. The fourth-order valence-corrected chi connectivity index (χ4v) is 3.71. The summed E-state index contributed by atoms with van der Waals surface area (Å²) >= 11 is 1.96. The van der Waals surface area contributed by atoms with E-state index in [2.05, 4.69) is 10.4 Å². The SMILES string of the molecule is Cc1nn(C(C)C)c(NCC2CCCCS2)c1[N+](=O)[O-]. The molecule has 20 heavy (non-hydrogen) atoms. The zero-order valence-electron chi connectivity index (χ0n) is 12.3. The average molecular weight is 298 g/mol. The van der Waals surface area contributed by atoms with E-state index in [1.54, 1.807) is 11.6 Å². The topological polar surface area (TPSA) is 73.0 Å². The smallest absolute Gasteiger partial charge is 0.333 e. The van der Waals surface area contributed by atoms with Gasteiger partial charge in [0.25, 0.3) is 0 Å². The molecule has 1 atom stereocenters. The van der Waals surface area contributed by atoms with Gasteiger partial charge < -0.3 is 5.32 Å². The van der Waals surface area contributed by atoms with Gasteiger partial charge in [-0.2, -0.15) is 16.9 Å². The highest BCUT2D eigenvalue weighted by Crippen LogP contribution is 2.32. The first-order chi connectivity index (χ1) is 9.50. The van der Waals surface area contributed by atoms with Crippen LogP contribution in [0.2, 0.25) is 0 Å². The number of thioether (sulfide) groups is 1. The molecule has 7 heteroatoms. The van der Waals surface area contributed by atoms with Gasteiger partial charge in [-0.3, -0.25) is 10.1 Å². The Morgan fingerprint density at radius 1 is 1.55 bits per heavy atom. The van der Waals surface area contributed by atoms with Crippen LogP contribution in [0.25, 0.3) is 0 Å². The summed E-state index contributed by atoms with van der Waals surface area (Å²) in [5, 5.41) is 19.4. The van der Waals surface area contributed by atoms with Crippen LogP contribution in [0.5, 0.6) is 0 Å². The van der Waals surface area contributed by atoms with Crippen LogP contribution in [0, 0.1) is 17.0 Å². The fraction of sp³-hybridized carbons (Fsp3) is 0.769. The third-order valence-corrected chi connectivity index (χ3v) is 4.89. The van der Waals surface area contributed by atoms with Crippen LogP contribution in [0.1, 0.15) is 44.8 Å². The maximum Gasteiger partial charge on any atom is 0.333 e. The van der Waals surface area contributed by atoms with Crippen LogP contribution < -0.4 is 5.32 Å². The van der Waals surface area contributed by atoms with Crippen molar-refractivity contribution in [3.63, 3.8) is 0 Å². The molecule has 0 aromatic carbocycles. The Balaban J connectivity index is 2.17. The molecular formula is C13H22N4O2S. The minimum atomic E-state index is -0.336. The van der Waals surface area contributed by atoms with Crippen molar-refractivity contribution in [2.45, 2.75) is 51.3 Å². The zero-order chi connectivity index (χ0) is 14.7. The van der Waals surface area contributed by atoms with E-state index in [4.69, 9.17) is 0 Å². The molecule has 6 nitrogen and oxygen atoms in total. The maximum atomic E-state index is 11.2. The van der Waals surface area contributed by atoms with Crippen LogP contribution in [0.3, 0.4) is 0 Å². The molecule has 1 aromatic heterocycles. The number of hydrogen-bond donors (Lipinski definition) is 1. The number of nitro groups is 1. The molecule has 0 spiro atoms. The predicted octanol–water partition coefficient (Wildman–Crippen LogP) is 3.38. The molecule has 1 saturated heterocycles. The fourth-order valence-electron chi connectivity index (χ4n) is 2.47. The van der Waals surface area contributed by atoms with E-state index in [1.165, 1.54) is 25.0 Å². The molecule has 0 amide bonds. The Morgan fingerprint density at radius 3 is 2.85 bits per heavy atom. The first kappa shape index (κ1) is 15.2. The monoisotopic (exact) mass is 298 g/mol. The molecule has 0 radical (unpaired) electrons. The van der Waals surface area contributed by atoms with Gasteiger partial charge in [0.1, 0.15) is 5.69 Å². The van der Waals surface area contributed by atoms with Gasteiger partial charge in [0.15, 0.2) is 0 Å². The van der Waals surface area contributed by atoms with E-state index in [9.17, 15) is 10.1 Å². The van der Waals surface area contributed by atoms with Crippen LogP contribution in [0.15, 0.2) is 0 Å². The van der Waals surface area contributed by atoms with E-state index < -0.39 is 0 Å². The molecule has 1 fully saturated rings. The molecule has 1 unspecified atom stereocenters. The van der Waals surface area contributed by atoms with Crippen molar-refractivity contribution in [2.24, 2.45) is 0 Å². The van der Waals surface area contributed by atoms with Crippen molar-refractivity contribution in [2.75, 3.05) is 17.6 Å². The largest absolute Gasteiger partial charge is 0.363 e. The Morgan fingerprint density at radius 2 is 2.30 bits per heavy atom. The zero-order valence-corrected chi connectivity index (χ0v) is 13.1. The van der Waals surface area contributed by atoms with Crippen molar-refractivity contribution in [1.82, 2.24) is 9.78 Å². The van der Waals surface area contributed by atoms with Crippen molar-refractivity contribution >= 4 is 23.3 Å². The Hall–Kier alpha value is -1.24. The summed E-state index contributed by atoms with van der Waals surface area (Å²) in [6.45, 7) is 6.42. The molecule has 2 rings (SSSR count). The lowest BCUT2D eigenvalue weighted by Gasteiger charge is -2.22. The molecule has 1 aromatic rings. The van der Waals surface area contributed by atoms with Crippen molar-refractivity contribution in [3.05, 3.63) is 15.8 Å². The average Bonchev–Trinajstić information content (AvgIpc) is 2.74. The molecule has 1 aliphatic heterocycles. The normalized spacial score (nSPS) is 19.3. The lowest BCUT2D eigenvalue weighted by Crippen LogP contribution is -2.22. The lowest BCUT2D eigenvalue weighted by atomic mass is 10.2. The molecular weight excluding hydrogens is 276 g/mol. The number of anilines is 1. The van der Waals surface area contributed by atoms with Gasteiger partial charge in [-0.1, -0.05) is 6.42 Å². The van der Waals surface area contributed by atoms with Gasteiger partial charge in [0.2, 0.25) is 5.82 Å². The van der Waals surface area contributed by atoms with E-state index in [0.717, 1.165) is 6.54 Å². The minimum Gasteiger partial charge on any atom is -0.363 e. The van der Waals surface area contributed by atoms with E-state index in [1.807, 2.05) is 25.6 Å². The van der Waals surface area contributed by atoms with E-state index in [-0.39, 0.29) is 16.7 Å². The van der Waals surface area contributed by atoms with Crippen LogP contribution in [-0.2, 0) is 0 Å². The van der Waals surface area contributed by atoms with Gasteiger partial charge in [0.05, 0.1) is 4.92 Å². The first-order valence-electron chi connectivity index (χ1n) is 7.09. The molecule has 1 aliphatic rings. The summed E-state index contributed by atoms with van der Waals surface area (Å²) in [5.41, 5.74) is 0.585. The second kappa shape index (κ2) is 6.47. The summed E-state index contributed by atoms with van der Waals surface area (Å²) in [6.07, 6.45) is 3.72. The van der Waals surface area contributed by atoms with Crippen molar-refractivity contribution < 1.29 is 4.92 Å². The highest BCUT2D eigenvalue weighted by Gasteiger charge is 2.27. The van der Waals surface area contributed by atoms with Crippen LogP contribution in [0.4, 0.5) is 11.5 Å². The minimum absolute atomic E-state index is 0.101. The number of aryl methyl sites for hydroxylation is 1. The van der Waals surface area contributed by atoms with Crippen LogP contribution >= 0.6 is 11.8 Å². The summed E-state index contributed by atoms with van der Waals surface area (Å²) in [6, 6.07) is 0.101. The Kier molecular flexibility index (Phi) is 4.91. The predicted molar refractivity (Wildman–Crippen MR) is 82.6 cm³/mol. The van der Waals surface area contributed by atoms with E-state index >= 15 is 0 Å². The van der Waals surface area contributed by atoms with Gasteiger partial charge >= 0.3 is 5.69 Å². The second-order valence-electron chi connectivity index (χ2n) is 5.45. The quantitative estimate of drug-likeness (QED) is 0.666. The van der Waals surface area contributed by atoms with Crippen LogP contribution in [-0.4, -0.2) is 32.3 Å². The highest BCUT2D eigenvalue weighted by molar-refractivity contribution is 7.99. The molecule has 1 N–H and O–H groups in total. The summed E-state index contributed by atoms with van der Waals surface area (Å²) in [5.74, 6) is 1.74. The van der Waals surface area contributed by atoms with Gasteiger partial charge in [-0.25, -0.2) is 4.68 Å². The molecule has 2 heterocycles. The Bertz CT molecular complexity index is 481.